The van der Waals surface area contributed by atoms with Crippen molar-refractivity contribution in [2.24, 2.45) is 0 Å². The molecule has 110 valence electrons. The summed E-state index contributed by atoms with van der Waals surface area (Å²) in [6, 6.07) is 4.22. The van der Waals surface area contributed by atoms with Gasteiger partial charge in [-0.2, -0.15) is 0 Å². The lowest BCUT2D eigenvalue weighted by molar-refractivity contribution is -0.385. The lowest BCUT2D eigenvalue weighted by Crippen LogP contribution is -2.35. The van der Waals surface area contributed by atoms with Crippen molar-refractivity contribution in [3.63, 3.8) is 0 Å². The molecule has 0 aliphatic rings. The minimum atomic E-state index is -0.532. The first kappa shape index (κ1) is 15.2. The zero-order valence-corrected chi connectivity index (χ0v) is 12.8. The molecule has 0 saturated carbocycles. The van der Waals surface area contributed by atoms with Crippen LogP contribution < -0.4 is 5.32 Å². The molecule has 1 unspecified atom stereocenters. The number of halogens is 1. The Morgan fingerprint density at radius 3 is 2.95 bits per heavy atom. The first-order valence-electron chi connectivity index (χ1n) is 6.18. The zero-order chi connectivity index (χ0) is 15.4. The Morgan fingerprint density at radius 2 is 2.33 bits per heavy atom. The first-order chi connectivity index (χ1) is 9.99. The summed E-state index contributed by atoms with van der Waals surface area (Å²) < 4.78 is 2.02. The molecule has 1 heterocycles. The molecule has 0 fully saturated rings. The maximum Gasteiger partial charge on any atom is 0.284 e. The van der Waals surface area contributed by atoms with Crippen molar-refractivity contribution < 1.29 is 9.72 Å². The standard InChI is InChI=1S/C13H13BrN4O3/c1-9(7-17-6-5-15-8-17)16-13(19)10-3-2-4-11(12(10)14)18(20)21/h2-6,8-9H,7H2,1H3,(H,16,19). The molecule has 0 saturated heterocycles. The van der Waals surface area contributed by atoms with Crippen molar-refractivity contribution in [1.82, 2.24) is 14.9 Å². The van der Waals surface area contributed by atoms with E-state index >= 15 is 0 Å². The number of hydrogen-bond donors (Lipinski definition) is 1. The fourth-order valence-electron chi connectivity index (χ4n) is 1.89. The van der Waals surface area contributed by atoms with Gasteiger partial charge in [0.2, 0.25) is 0 Å². The molecular formula is C13H13BrN4O3. The average Bonchev–Trinajstić information content (AvgIpc) is 2.91. The molecule has 1 aromatic carbocycles. The molecule has 1 aromatic heterocycles. The first-order valence-corrected chi connectivity index (χ1v) is 6.98. The van der Waals surface area contributed by atoms with Crippen molar-refractivity contribution in [1.29, 1.82) is 0 Å². The third kappa shape index (κ3) is 3.66. The lowest BCUT2D eigenvalue weighted by atomic mass is 10.1. The van der Waals surface area contributed by atoms with Crippen molar-refractivity contribution in [3.05, 3.63) is 57.1 Å². The van der Waals surface area contributed by atoms with Crippen molar-refractivity contribution >= 4 is 27.5 Å². The van der Waals surface area contributed by atoms with Gasteiger partial charge in [0.25, 0.3) is 11.6 Å². The fourth-order valence-corrected chi connectivity index (χ4v) is 2.48. The summed E-state index contributed by atoms with van der Waals surface area (Å²) in [5, 5.41) is 13.7. The van der Waals surface area contributed by atoms with Crippen LogP contribution in [-0.4, -0.2) is 26.4 Å². The normalized spacial score (nSPS) is 11.9. The van der Waals surface area contributed by atoms with Crippen LogP contribution in [0.1, 0.15) is 17.3 Å². The second-order valence-electron chi connectivity index (χ2n) is 4.53. The number of carbonyl (C=O) groups excluding carboxylic acids is 1. The Bertz CT molecular complexity index is 657. The minimum absolute atomic E-state index is 0.134. The molecule has 8 heteroatoms. The number of rotatable bonds is 5. The van der Waals surface area contributed by atoms with E-state index in [4.69, 9.17) is 0 Å². The summed E-state index contributed by atoms with van der Waals surface area (Å²) in [6.45, 7) is 2.42. The van der Waals surface area contributed by atoms with E-state index in [-0.39, 0.29) is 27.7 Å². The van der Waals surface area contributed by atoms with Crippen molar-refractivity contribution in [2.45, 2.75) is 19.5 Å². The lowest BCUT2D eigenvalue weighted by Gasteiger charge is -2.15. The summed E-state index contributed by atoms with van der Waals surface area (Å²) in [4.78, 5) is 26.4. The molecule has 0 spiro atoms. The molecule has 2 rings (SSSR count). The number of nitro groups is 1. The second-order valence-corrected chi connectivity index (χ2v) is 5.32. The highest BCUT2D eigenvalue weighted by atomic mass is 79.9. The Balaban J connectivity index is 2.10. The van der Waals surface area contributed by atoms with Gasteiger partial charge in [0.1, 0.15) is 4.47 Å². The number of benzene rings is 1. The van der Waals surface area contributed by atoms with Gasteiger partial charge >= 0.3 is 0 Å². The average molecular weight is 353 g/mol. The molecule has 2 aromatic rings. The Hall–Kier alpha value is -2.22. The third-order valence-electron chi connectivity index (χ3n) is 2.84. The van der Waals surface area contributed by atoms with E-state index in [1.54, 1.807) is 18.7 Å². The van der Waals surface area contributed by atoms with Crippen LogP contribution in [0.4, 0.5) is 5.69 Å². The molecule has 0 aliphatic heterocycles. The number of nitrogens with one attached hydrogen (secondary N) is 1. The summed E-state index contributed by atoms with van der Waals surface area (Å²) >= 11 is 3.12. The number of carbonyl (C=O) groups is 1. The highest BCUT2D eigenvalue weighted by molar-refractivity contribution is 9.10. The molecule has 1 N–H and O–H groups in total. The van der Waals surface area contributed by atoms with Gasteiger partial charge in [-0.25, -0.2) is 4.98 Å². The molecule has 0 radical (unpaired) electrons. The molecule has 0 aliphatic carbocycles. The van der Waals surface area contributed by atoms with Crippen LogP contribution in [0, 0.1) is 10.1 Å². The van der Waals surface area contributed by atoms with Gasteiger partial charge in [-0.05, 0) is 28.9 Å². The van der Waals surface area contributed by atoms with Crippen LogP contribution in [0.3, 0.4) is 0 Å². The van der Waals surface area contributed by atoms with E-state index in [2.05, 4.69) is 26.2 Å². The number of amides is 1. The molecule has 21 heavy (non-hydrogen) atoms. The largest absolute Gasteiger partial charge is 0.348 e. The predicted molar refractivity (Wildman–Crippen MR) is 80.0 cm³/mol. The van der Waals surface area contributed by atoms with Crippen LogP contribution in [0.25, 0.3) is 0 Å². The number of hydrogen-bond acceptors (Lipinski definition) is 4. The van der Waals surface area contributed by atoms with E-state index in [1.165, 1.54) is 18.2 Å². The van der Waals surface area contributed by atoms with Crippen LogP contribution in [0.5, 0.6) is 0 Å². The van der Waals surface area contributed by atoms with Gasteiger partial charge in [0.05, 0.1) is 16.8 Å². The Morgan fingerprint density at radius 1 is 1.57 bits per heavy atom. The summed E-state index contributed by atoms with van der Waals surface area (Å²) in [5.74, 6) is -0.363. The third-order valence-corrected chi connectivity index (χ3v) is 3.67. The molecule has 1 amide bonds. The monoisotopic (exact) mass is 352 g/mol. The molecule has 1 atom stereocenters. The van der Waals surface area contributed by atoms with Crippen LogP contribution in [0.2, 0.25) is 0 Å². The van der Waals surface area contributed by atoms with Gasteiger partial charge < -0.3 is 9.88 Å². The van der Waals surface area contributed by atoms with Crippen LogP contribution >= 0.6 is 15.9 Å². The minimum Gasteiger partial charge on any atom is -0.348 e. The van der Waals surface area contributed by atoms with E-state index in [9.17, 15) is 14.9 Å². The summed E-state index contributed by atoms with van der Waals surface area (Å²) in [6.07, 6.45) is 5.11. The highest BCUT2D eigenvalue weighted by Crippen LogP contribution is 2.28. The van der Waals surface area contributed by atoms with E-state index in [0.29, 0.717) is 6.54 Å². The second kappa shape index (κ2) is 6.49. The maximum absolute atomic E-state index is 12.2. The van der Waals surface area contributed by atoms with Gasteiger partial charge in [-0.3, -0.25) is 14.9 Å². The van der Waals surface area contributed by atoms with Crippen LogP contribution in [-0.2, 0) is 6.54 Å². The summed E-state index contributed by atoms with van der Waals surface area (Å²) in [5.41, 5.74) is 0.103. The molecule has 0 bridgehead atoms. The van der Waals surface area contributed by atoms with Crippen molar-refractivity contribution in [2.75, 3.05) is 0 Å². The smallest absolute Gasteiger partial charge is 0.284 e. The Kier molecular flexibility index (Phi) is 4.69. The van der Waals surface area contributed by atoms with Gasteiger partial charge in [-0.1, -0.05) is 6.07 Å². The number of nitro benzene ring substituents is 1. The topological polar surface area (TPSA) is 90.1 Å². The molecule has 7 nitrogen and oxygen atoms in total. The Labute approximate surface area is 129 Å². The molecular weight excluding hydrogens is 340 g/mol. The van der Waals surface area contributed by atoms with E-state index in [1.807, 2.05) is 11.5 Å². The predicted octanol–water partition coefficient (Wildman–Crippen LogP) is 2.37. The van der Waals surface area contributed by atoms with Gasteiger partial charge in [0, 0.05) is 31.0 Å². The van der Waals surface area contributed by atoms with Crippen LogP contribution in [0.15, 0.2) is 41.4 Å². The quantitative estimate of drug-likeness (QED) is 0.660. The van der Waals surface area contributed by atoms with E-state index < -0.39 is 4.92 Å². The number of imidazole rings is 1. The van der Waals surface area contributed by atoms with Crippen molar-refractivity contribution in [3.8, 4) is 0 Å². The van der Waals surface area contributed by atoms with Gasteiger partial charge in [0.15, 0.2) is 0 Å². The maximum atomic E-state index is 12.2. The fraction of sp³-hybridized carbons (Fsp3) is 0.231. The number of nitrogens with zero attached hydrogens (tertiary/aromatic N) is 3. The highest BCUT2D eigenvalue weighted by Gasteiger charge is 2.20. The van der Waals surface area contributed by atoms with E-state index in [0.717, 1.165) is 0 Å². The summed E-state index contributed by atoms with van der Waals surface area (Å²) in [7, 11) is 0. The SMILES string of the molecule is CC(Cn1ccnc1)NC(=O)c1cccc([N+](=O)[O-])c1Br. The van der Waals surface area contributed by atoms with Gasteiger partial charge in [-0.15, -0.1) is 0 Å². The number of aromatic nitrogens is 2. The zero-order valence-electron chi connectivity index (χ0n) is 11.2.